The highest BCUT2D eigenvalue weighted by Crippen LogP contribution is 2.29. The molecule has 0 unspecified atom stereocenters. The van der Waals surface area contributed by atoms with Crippen molar-refractivity contribution in [1.82, 2.24) is 30.7 Å². The molecule has 2 aromatic carbocycles. The number of anilines is 1. The first-order chi connectivity index (χ1) is 16.6. The van der Waals surface area contributed by atoms with Gasteiger partial charge in [0, 0.05) is 11.3 Å². The van der Waals surface area contributed by atoms with Crippen LogP contribution in [0.4, 0.5) is 5.82 Å². The van der Waals surface area contributed by atoms with E-state index >= 15 is 0 Å². The number of ether oxygens (including phenoxy) is 1. The number of hydrogen-bond donors (Lipinski definition) is 2. The van der Waals surface area contributed by atoms with Crippen molar-refractivity contribution in [3.05, 3.63) is 65.9 Å². The van der Waals surface area contributed by atoms with Gasteiger partial charge in [0.05, 0.1) is 6.61 Å². The number of carbonyl (C=O) groups is 1. The molecule has 3 N–H and O–H groups in total. The van der Waals surface area contributed by atoms with Gasteiger partial charge in [-0.1, -0.05) is 47.7 Å². The molecule has 0 saturated carbocycles. The number of nitrogens with two attached hydrogens (primary N) is 1. The minimum absolute atomic E-state index is 0.00819. The molecule has 4 aromatic rings. The van der Waals surface area contributed by atoms with Gasteiger partial charge < -0.3 is 10.5 Å². The molecule has 0 radical (unpaired) electrons. The first-order valence-electron chi connectivity index (χ1n) is 10.7. The van der Waals surface area contributed by atoms with Gasteiger partial charge in [-0.15, -0.1) is 5.10 Å². The van der Waals surface area contributed by atoms with Gasteiger partial charge in [-0.05, 0) is 54.7 Å². The average molecular weight is 460 g/mol. The summed E-state index contributed by atoms with van der Waals surface area (Å²) in [6, 6.07) is 17.2. The number of nitrogens with zero attached hydrogens (tertiary/aromatic N) is 6. The number of carbonyl (C=O) groups excluding carboxylic acids is 1. The van der Waals surface area contributed by atoms with Crippen LogP contribution < -0.4 is 15.9 Å². The highest BCUT2D eigenvalue weighted by Gasteiger charge is 2.25. The molecule has 11 nitrogen and oxygen atoms in total. The lowest BCUT2D eigenvalue weighted by Crippen LogP contribution is -2.20. The van der Waals surface area contributed by atoms with Crippen molar-refractivity contribution in [3.63, 3.8) is 0 Å². The van der Waals surface area contributed by atoms with Gasteiger partial charge in [-0.2, -0.15) is 9.78 Å². The number of rotatable bonds is 9. The Morgan fingerprint density at radius 2 is 2.00 bits per heavy atom. The largest absolute Gasteiger partial charge is 0.494 e. The van der Waals surface area contributed by atoms with Crippen LogP contribution in [0.2, 0.25) is 0 Å². The normalized spacial score (nSPS) is 11.4. The predicted molar refractivity (Wildman–Crippen MR) is 126 cm³/mol. The van der Waals surface area contributed by atoms with Gasteiger partial charge in [-0.3, -0.25) is 4.79 Å². The van der Waals surface area contributed by atoms with Crippen LogP contribution in [0.1, 0.15) is 36.3 Å². The van der Waals surface area contributed by atoms with Crippen LogP contribution in [0.15, 0.2) is 64.3 Å². The average Bonchev–Trinajstić information content (AvgIpc) is 3.48. The number of benzene rings is 2. The van der Waals surface area contributed by atoms with E-state index in [-0.39, 0.29) is 17.3 Å². The number of amides is 1. The standard InChI is InChI=1S/C23H24N8O3/c1-3-33-18-11-7-10-17(14-18)20-19(26-30-31(20)22-21(24)28-34-29-22)23(32)27-25-15(2)12-13-16-8-5-4-6-9-16/h4-11,14H,3,12-13H2,1-2H3,(H2,24,28)(H,27,32). The van der Waals surface area contributed by atoms with Crippen LogP contribution in [0.3, 0.4) is 0 Å². The Hall–Kier alpha value is -4.54. The molecule has 0 aliphatic heterocycles. The van der Waals surface area contributed by atoms with Gasteiger partial charge in [0.2, 0.25) is 11.6 Å². The number of nitrogens with one attached hydrogen (secondary N) is 1. The smallest absolute Gasteiger partial charge is 0.294 e. The molecule has 2 heterocycles. The lowest BCUT2D eigenvalue weighted by molar-refractivity contribution is 0.0950. The van der Waals surface area contributed by atoms with Gasteiger partial charge >= 0.3 is 0 Å². The van der Waals surface area contributed by atoms with E-state index in [2.05, 4.69) is 43.3 Å². The summed E-state index contributed by atoms with van der Waals surface area (Å²) < 4.78 is 11.6. The molecule has 2 aromatic heterocycles. The minimum atomic E-state index is -0.530. The van der Waals surface area contributed by atoms with Gasteiger partial charge in [0.15, 0.2) is 5.69 Å². The maximum atomic E-state index is 13.0. The lowest BCUT2D eigenvalue weighted by atomic mass is 10.1. The van der Waals surface area contributed by atoms with Crippen molar-refractivity contribution in [2.75, 3.05) is 12.3 Å². The summed E-state index contributed by atoms with van der Waals surface area (Å²) in [4.78, 5) is 13.0. The molecule has 0 bridgehead atoms. The molecule has 174 valence electrons. The molecule has 0 aliphatic carbocycles. The molecular weight excluding hydrogens is 436 g/mol. The number of hydrazone groups is 1. The summed E-state index contributed by atoms with van der Waals surface area (Å²) in [7, 11) is 0. The third-order valence-corrected chi connectivity index (χ3v) is 4.97. The van der Waals surface area contributed by atoms with Gasteiger partial charge in [-0.25, -0.2) is 10.1 Å². The van der Waals surface area contributed by atoms with E-state index in [1.807, 2.05) is 38.1 Å². The zero-order valence-electron chi connectivity index (χ0n) is 18.8. The number of aromatic nitrogens is 5. The molecule has 0 fully saturated rings. The molecule has 34 heavy (non-hydrogen) atoms. The summed E-state index contributed by atoms with van der Waals surface area (Å²) in [6.45, 7) is 4.23. The Kier molecular flexibility index (Phi) is 6.92. The first-order valence-corrected chi connectivity index (χ1v) is 10.7. The molecule has 0 spiro atoms. The van der Waals surface area contributed by atoms with Gasteiger partial charge in [0.25, 0.3) is 5.91 Å². The van der Waals surface area contributed by atoms with E-state index in [0.29, 0.717) is 30.0 Å². The van der Waals surface area contributed by atoms with Crippen LogP contribution in [0.5, 0.6) is 5.75 Å². The summed E-state index contributed by atoms with van der Waals surface area (Å²) in [6.07, 6.45) is 1.51. The Morgan fingerprint density at radius 1 is 1.18 bits per heavy atom. The summed E-state index contributed by atoms with van der Waals surface area (Å²) >= 11 is 0. The maximum absolute atomic E-state index is 13.0. The SMILES string of the molecule is CCOc1cccc(-c2c(C(=O)NN=C(C)CCc3ccccc3)nnn2-c2nonc2N)c1. The maximum Gasteiger partial charge on any atom is 0.294 e. The van der Waals surface area contributed by atoms with E-state index < -0.39 is 5.91 Å². The molecule has 1 amide bonds. The zero-order chi connectivity index (χ0) is 23.9. The van der Waals surface area contributed by atoms with E-state index in [4.69, 9.17) is 15.1 Å². The fraction of sp³-hybridized carbons (Fsp3) is 0.217. The number of hydrogen-bond acceptors (Lipinski definition) is 9. The fourth-order valence-corrected chi connectivity index (χ4v) is 3.30. The Bertz CT molecular complexity index is 1300. The number of nitrogen functional groups attached to an aromatic ring is 1. The molecule has 4 rings (SSSR count). The van der Waals surface area contributed by atoms with Crippen molar-refractivity contribution < 1.29 is 14.2 Å². The molecule has 0 saturated heterocycles. The Morgan fingerprint density at radius 3 is 2.74 bits per heavy atom. The monoisotopic (exact) mass is 460 g/mol. The van der Waals surface area contributed by atoms with Crippen LogP contribution in [0, 0.1) is 0 Å². The quantitative estimate of drug-likeness (QED) is 0.286. The second kappa shape index (κ2) is 10.4. The van der Waals surface area contributed by atoms with E-state index in [1.165, 1.54) is 10.2 Å². The Balaban J connectivity index is 1.61. The van der Waals surface area contributed by atoms with Crippen LogP contribution in [-0.2, 0) is 6.42 Å². The molecule has 11 heteroatoms. The Labute approximate surface area is 195 Å². The van der Waals surface area contributed by atoms with Gasteiger partial charge in [0.1, 0.15) is 11.4 Å². The summed E-state index contributed by atoms with van der Waals surface area (Å²) in [5, 5.41) is 19.7. The second-order valence-electron chi connectivity index (χ2n) is 7.41. The van der Waals surface area contributed by atoms with E-state index in [9.17, 15) is 4.79 Å². The summed E-state index contributed by atoms with van der Waals surface area (Å²) in [5.41, 5.74) is 11.4. The first kappa shape index (κ1) is 22.6. The highest BCUT2D eigenvalue weighted by molar-refractivity contribution is 5.99. The lowest BCUT2D eigenvalue weighted by Gasteiger charge is -2.08. The molecule has 0 aliphatic rings. The van der Waals surface area contributed by atoms with Crippen molar-refractivity contribution in [3.8, 4) is 22.8 Å². The molecule has 0 atom stereocenters. The zero-order valence-corrected chi connectivity index (χ0v) is 18.8. The third kappa shape index (κ3) is 5.09. The highest BCUT2D eigenvalue weighted by atomic mass is 16.6. The molecular formula is C23H24N8O3. The second-order valence-corrected chi connectivity index (χ2v) is 7.41. The third-order valence-electron chi connectivity index (χ3n) is 4.97. The number of aryl methyl sites for hydroxylation is 1. The van der Waals surface area contributed by atoms with E-state index in [0.717, 1.165) is 12.1 Å². The van der Waals surface area contributed by atoms with Crippen molar-refractivity contribution in [2.45, 2.75) is 26.7 Å². The van der Waals surface area contributed by atoms with Crippen molar-refractivity contribution >= 4 is 17.4 Å². The predicted octanol–water partition coefficient (Wildman–Crippen LogP) is 3.04. The fourth-order valence-electron chi connectivity index (χ4n) is 3.30. The minimum Gasteiger partial charge on any atom is -0.494 e. The van der Waals surface area contributed by atoms with Crippen LogP contribution >= 0.6 is 0 Å². The van der Waals surface area contributed by atoms with Crippen LogP contribution in [-0.4, -0.2) is 43.5 Å². The topological polar surface area (TPSA) is 146 Å². The van der Waals surface area contributed by atoms with Crippen molar-refractivity contribution in [1.29, 1.82) is 0 Å². The summed E-state index contributed by atoms with van der Waals surface area (Å²) in [5.74, 6) is 0.219. The van der Waals surface area contributed by atoms with E-state index in [1.54, 1.807) is 18.2 Å². The van der Waals surface area contributed by atoms with Crippen LogP contribution in [0.25, 0.3) is 17.1 Å². The van der Waals surface area contributed by atoms with Crippen molar-refractivity contribution in [2.24, 2.45) is 5.10 Å².